The summed E-state index contributed by atoms with van der Waals surface area (Å²) in [4.78, 5) is 11.3. The molecule has 0 saturated carbocycles. The summed E-state index contributed by atoms with van der Waals surface area (Å²) in [5.41, 5.74) is 0. The van der Waals surface area contributed by atoms with Crippen molar-refractivity contribution >= 4 is 13.3 Å². The lowest BCUT2D eigenvalue weighted by Gasteiger charge is -2.19. The van der Waals surface area contributed by atoms with Crippen LogP contribution in [0.25, 0.3) is 0 Å². The molecule has 2 fully saturated rings. The van der Waals surface area contributed by atoms with Gasteiger partial charge in [-0.05, 0) is 13.3 Å². The van der Waals surface area contributed by atoms with Gasteiger partial charge < -0.3 is 14.0 Å². The van der Waals surface area contributed by atoms with E-state index in [1.807, 2.05) is 0 Å². The van der Waals surface area contributed by atoms with Crippen molar-refractivity contribution in [1.82, 2.24) is 5.09 Å². The molecular formula is C9H16NO4P. The third kappa shape index (κ3) is 1.96. The van der Waals surface area contributed by atoms with E-state index in [0.29, 0.717) is 19.4 Å². The van der Waals surface area contributed by atoms with Gasteiger partial charge in [0.25, 0.3) is 0 Å². The van der Waals surface area contributed by atoms with E-state index in [-0.39, 0.29) is 12.4 Å². The number of carbonyl (C=O) groups excluding carboxylic acids is 1. The van der Waals surface area contributed by atoms with Crippen molar-refractivity contribution in [1.29, 1.82) is 0 Å². The minimum Gasteiger partial charge on any atom is -0.466 e. The Bertz CT molecular complexity index is 303. The second-order valence-corrected chi connectivity index (χ2v) is 7.00. The second-order valence-electron chi connectivity index (χ2n) is 3.94. The highest BCUT2D eigenvalue weighted by atomic mass is 31.2. The first kappa shape index (κ1) is 11.1. The molecule has 0 aromatic heterocycles. The minimum absolute atomic E-state index is 0.116. The lowest BCUT2D eigenvalue weighted by molar-refractivity contribution is -0.143. The Morgan fingerprint density at radius 3 is 2.87 bits per heavy atom. The highest BCUT2D eigenvalue weighted by molar-refractivity contribution is 7.64. The van der Waals surface area contributed by atoms with Gasteiger partial charge in [-0.15, -0.1) is 0 Å². The Labute approximate surface area is 88.9 Å². The topological polar surface area (TPSA) is 67.9 Å². The number of ether oxygens (including phenoxy) is 2. The molecular weight excluding hydrogens is 217 g/mol. The summed E-state index contributed by atoms with van der Waals surface area (Å²) < 4.78 is 22.5. The van der Waals surface area contributed by atoms with Crippen LogP contribution in [0.2, 0.25) is 0 Å². The molecule has 2 unspecified atom stereocenters. The Balaban J connectivity index is 2.01. The normalized spacial score (nSPS) is 39.0. The molecule has 0 aromatic carbocycles. The number of carbonyl (C=O) groups is 1. The molecule has 2 aliphatic rings. The summed E-state index contributed by atoms with van der Waals surface area (Å²) in [7, 11) is -2.51. The van der Waals surface area contributed by atoms with Crippen molar-refractivity contribution in [3.63, 3.8) is 0 Å². The summed E-state index contributed by atoms with van der Waals surface area (Å²) in [5, 5.41) is 2.27. The van der Waals surface area contributed by atoms with E-state index in [1.54, 1.807) is 6.92 Å². The van der Waals surface area contributed by atoms with E-state index in [1.165, 1.54) is 0 Å². The zero-order valence-electron chi connectivity index (χ0n) is 8.82. The summed E-state index contributed by atoms with van der Waals surface area (Å²) in [6.07, 6.45) is 1.64. The number of nitrogens with one attached hydrogen (secondary N) is 1. The lowest BCUT2D eigenvalue weighted by Crippen LogP contribution is -2.24. The molecule has 0 aliphatic carbocycles. The highest BCUT2D eigenvalue weighted by Gasteiger charge is 2.61. The minimum atomic E-state index is -2.51. The Morgan fingerprint density at radius 2 is 2.40 bits per heavy atom. The summed E-state index contributed by atoms with van der Waals surface area (Å²) in [5.74, 6) is -0.320. The number of hydrogen-bond donors (Lipinski definition) is 1. The molecule has 0 aromatic rings. The van der Waals surface area contributed by atoms with E-state index >= 15 is 0 Å². The van der Waals surface area contributed by atoms with Crippen LogP contribution in [0.1, 0.15) is 19.8 Å². The molecule has 86 valence electrons. The van der Waals surface area contributed by atoms with Crippen LogP contribution in [0.4, 0.5) is 0 Å². The van der Waals surface area contributed by atoms with Crippen molar-refractivity contribution in [2.24, 2.45) is 0 Å². The van der Waals surface area contributed by atoms with E-state index in [4.69, 9.17) is 9.47 Å². The maximum Gasteiger partial charge on any atom is 0.309 e. The van der Waals surface area contributed by atoms with Crippen molar-refractivity contribution in [2.75, 3.05) is 25.9 Å². The number of hydrogen-bond acceptors (Lipinski definition) is 4. The second kappa shape index (κ2) is 3.89. The fourth-order valence-electron chi connectivity index (χ4n) is 1.95. The smallest absolute Gasteiger partial charge is 0.309 e. The molecule has 2 aliphatic heterocycles. The van der Waals surface area contributed by atoms with Gasteiger partial charge in [0.1, 0.15) is 0 Å². The summed E-state index contributed by atoms with van der Waals surface area (Å²) >= 11 is 0. The quantitative estimate of drug-likeness (QED) is 0.444. The van der Waals surface area contributed by atoms with Gasteiger partial charge >= 0.3 is 5.97 Å². The van der Waals surface area contributed by atoms with Crippen LogP contribution >= 0.6 is 7.29 Å². The molecule has 2 atom stereocenters. The molecule has 5 nitrogen and oxygen atoms in total. The molecule has 0 radical (unpaired) electrons. The van der Waals surface area contributed by atoms with Crippen LogP contribution in [-0.2, 0) is 18.8 Å². The van der Waals surface area contributed by atoms with Gasteiger partial charge in [-0.1, -0.05) is 0 Å². The van der Waals surface area contributed by atoms with Gasteiger partial charge in [-0.25, -0.2) is 0 Å². The fourth-order valence-corrected chi connectivity index (χ4v) is 4.79. The monoisotopic (exact) mass is 233 g/mol. The standard InChI is InChI=1S/C9H16NO4P/c1-2-13-8(11)6-9(7-14-9)15(12)5-3-4-10-15/h2-7H2,1H3,(H,10,12). The number of epoxide rings is 1. The van der Waals surface area contributed by atoms with Gasteiger partial charge in [0.05, 0.1) is 19.6 Å². The zero-order chi connectivity index (χ0) is 10.9. The third-order valence-corrected chi connectivity index (χ3v) is 6.29. The van der Waals surface area contributed by atoms with Crippen LogP contribution in [0, 0.1) is 0 Å². The van der Waals surface area contributed by atoms with E-state index in [0.717, 1.165) is 13.0 Å². The summed E-state index contributed by atoms with van der Waals surface area (Å²) in [6.45, 7) is 3.28. The van der Waals surface area contributed by atoms with Gasteiger partial charge in [0.2, 0.25) is 0 Å². The first-order chi connectivity index (χ1) is 7.12. The van der Waals surface area contributed by atoms with Crippen molar-refractivity contribution in [3.8, 4) is 0 Å². The largest absolute Gasteiger partial charge is 0.466 e. The molecule has 0 bridgehead atoms. The average Bonchev–Trinajstić information content (AvgIpc) is 2.82. The highest BCUT2D eigenvalue weighted by Crippen LogP contribution is 2.65. The predicted molar refractivity (Wildman–Crippen MR) is 55.0 cm³/mol. The van der Waals surface area contributed by atoms with Gasteiger partial charge in [0.15, 0.2) is 12.6 Å². The molecule has 15 heavy (non-hydrogen) atoms. The predicted octanol–water partition coefficient (Wildman–Crippen LogP) is 0.938. The molecule has 6 heteroatoms. The van der Waals surface area contributed by atoms with Gasteiger partial charge in [0, 0.05) is 12.7 Å². The molecule has 2 saturated heterocycles. The van der Waals surface area contributed by atoms with Crippen LogP contribution < -0.4 is 5.09 Å². The van der Waals surface area contributed by atoms with Gasteiger partial charge in [-0.3, -0.25) is 9.88 Å². The number of esters is 1. The van der Waals surface area contributed by atoms with Crippen molar-refractivity contribution in [2.45, 2.75) is 25.1 Å². The van der Waals surface area contributed by atoms with E-state index in [9.17, 15) is 9.36 Å². The summed E-state index contributed by atoms with van der Waals surface area (Å²) in [6, 6.07) is 0. The maximum atomic E-state index is 12.4. The fraction of sp³-hybridized carbons (Fsp3) is 0.889. The first-order valence-electron chi connectivity index (χ1n) is 5.26. The third-order valence-electron chi connectivity index (χ3n) is 2.88. The van der Waals surface area contributed by atoms with Crippen molar-refractivity contribution < 1.29 is 18.8 Å². The molecule has 0 amide bonds. The van der Waals surface area contributed by atoms with E-state index in [2.05, 4.69) is 5.09 Å². The van der Waals surface area contributed by atoms with Crippen LogP contribution in [-0.4, -0.2) is 37.2 Å². The molecule has 1 N–H and O–H groups in total. The molecule has 2 rings (SSSR count). The van der Waals surface area contributed by atoms with Crippen LogP contribution in [0.5, 0.6) is 0 Å². The zero-order valence-corrected chi connectivity index (χ0v) is 9.72. The van der Waals surface area contributed by atoms with Gasteiger partial charge in [-0.2, -0.15) is 0 Å². The Hall–Kier alpha value is -0.380. The Morgan fingerprint density at radius 1 is 1.67 bits per heavy atom. The maximum absolute atomic E-state index is 12.4. The Kier molecular flexibility index (Phi) is 2.88. The van der Waals surface area contributed by atoms with Crippen LogP contribution in [0.15, 0.2) is 0 Å². The SMILES string of the molecule is CCOC(=O)CC1(P2(=O)CCCN2)CO1. The lowest BCUT2D eigenvalue weighted by atomic mass is 10.3. The molecule has 2 heterocycles. The molecule has 0 spiro atoms. The van der Waals surface area contributed by atoms with E-state index < -0.39 is 12.6 Å². The van der Waals surface area contributed by atoms with Crippen LogP contribution in [0.3, 0.4) is 0 Å². The first-order valence-corrected chi connectivity index (χ1v) is 7.15. The van der Waals surface area contributed by atoms with Crippen molar-refractivity contribution in [3.05, 3.63) is 0 Å². The number of rotatable bonds is 4. The average molecular weight is 233 g/mol.